The van der Waals surface area contributed by atoms with E-state index in [0.29, 0.717) is 31.3 Å². The normalized spacial score (nSPS) is 25.6. The average molecular weight is 343 g/mol. The highest BCUT2D eigenvalue weighted by molar-refractivity contribution is 5.89. The van der Waals surface area contributed by atoms with Crippen molar-refractivity contribution in [2.75, 3.05) is 19.8 Å². The molecule has 1 saturated carbocycles. The number of amides is 1. The Bertz CT molecular complexity index is 791. The minimum atomic E-state index is -0.924. The molecule has 1 aliphatic heterocycles. The molecule has 0 spiro atoms. The van der Waals surface area contributed by atoms with E-state index in [1.165, 1.54) is 0 Å². The summed E-state index contributed by atoms with van der Waals surface area (Å²) < 4.78 is 10.8. The van der Waals surface area contributed by atoms with Crippen molar-refractivity contribution in [3.8, 4) is 11.4 Å². The lowest BCUT2D eigenvalue weighted by Crippen LogP contribution is -2.44. The van der Waals surface area contributed by atoms with Gasteiger partial charge >= 0.3 is 5.97 Å². The van der Waals surface area contributed by atoms with Gasteiger partial charge in [0.2, 0.25) is 11.7 Å². The Labute approximate surface area is 143 Å². The van der Waals surface area contributed by atoms with Crippen LogP contribution in [0.1, 0.15) is 18.4 Å². The highest BCUT2D eigenvalue weighted by Gasteiger charge is 2.51. The summed E-state index contributed by atoms with van der Waals surface area (Å²) in [7, 11) is 0. The molecule has 0 bridgehead atoms. The maximum absolute atomic E-state index is 12.7. The molecule has 2 aliphatic rings. The summed E-state index contributed by atoms with van der Waals surface area (Å²) >= 11 is 0. The molecule has 1 aromatic carbocycles. The molecule has 2 heterocycles. The lowest BCUT2D eigenvalue weighted by Gasteiger charge is -2.33. The Hall–Kier alpha value is -2.74. The fourth-order valence-corrected chi connectivity index (χ4v) is 3.10. The van der Waals surface area contributed by atoms with Crippen molar-refractivity contribution in [3.63, 3.8) is 0 Å². The monoisotopic (exact) mass is 343 g/mol. The molecule has 1 amide bonds. The Balaban J connectivity index is 1.55. The van der Waals surface area contributed by atoms with Crippen LogP contribution in [0.5, 0.6) is 0 Å². The lowest BCUT2D eigenvalue weighted by molar-refractivity contribution is -0.146. The number of carboxylic acids is 1. The van der Waals surface area contributed by atoms with Gasteiger partial charge < -0.3 is 19.3 Å². The Morgan fingerprint density at radius 2 is 2.00 bits per heavy atom. The van der Waals surface area contributed by atoms with Crippen LogP contribution in [0.15, 0.2) is 34.9 Å². The van der Waals surface area contributed by atoms with Crippen molar-refractivity contribution < 1.29 is 24.0 Å². The molecule has 1 N–H and O–H groups in total. The van der Waals surface area contributed by atoms with Crippen LogP contribution in [0.4, 0.5) is 0 Å². The van der Waals surface area contributed by atoms with E-state index in [1.54, 1.807) is 4.90 Å². The van der Waals surface area contributed by atoms with Crippen molar-refractivity contribution in [3.05, 3.63) is 36.2 Å². The van der Waals surface area contributed by atoms with Gasteiger partial charge in [0, 0.05) is 12.1 Å². The van der Waals surface area contributed by atoms with Gasteiger partial charge in [-0.05, 0) is 6.42 Å². The summed E-state index contributed by atoms with van der Waals surface area (Å²) in [5, 5.41) is 13.0. The third-order valence-corrected chi connectivity index (χ3v) is 4.60. The maximum atomic E-state index is 12.7. The summed E-state index contributed by atoms with van der Waals surface area (Å²) in [6.45, 7) is 1.05. The van der Waals surface area contributed by atoms with Crippen LogP contribution >= 0.6 is 0 Å². The van der Waals surface area contributed by atoms with Crippen LogP contribution in [0.3, 0.4) is 0 Å². The Kier molecular flexibility index (Phi) is 3.96. The number of ether oxygens (including phenoxy) is 1. The maximum Gasteiger partial charge on any atom is 0.307 e. The van der Waals surface area contributed by atoms with Gasteiger partial charge in [0.05, 0.1) is 25.0 Å². The molecule has 25 heavy (non-hydrogen) atoms. The summed E-state index contributed by atoms with van der Waals surface area (Å²) in [6.07, 6.45) is 0.386. The van der Waals surface area contributed by atoms with Crippen LogP contribution in [-0.4, -0.2) is 51.8 Å². The molecule has 2 aromatic rings. The summed E-state index contributed by atoms with van der Waals surface area (Å²) in [6, 6.07) is 8.91. The van der Waals surface area contributed by atoms with Crippen molar-refractivity contribution in [2.24, 2.45) is 11.8 Å². The molecule has 4 rings (SSSR count). The Morgan fingerprint density at radius 3 is 2.72 bits per heavy atom. The van der Waals surface area contributed by atoms with Gasteiger partial charge in [-0.1, -0.05) is 35.5 Å². The van der Waals surface area contributed by atoms with E-state index >= 15 is 0 Å². The number of hydrogen-bond acceptors (Lipinski definition) is 6. The number of aliphatic carboxylic acids is 1. The number of carboxylic acid groups (broad SMARTS) is 1. The number of nitrogens with zero attached hydrogens (tertiary/aromatic N) is 3. The van der Waals surface area contributed by atoms with E-state index < -0.39 is 23.8 Å². The standard InChI is InChI=1S/C17H17N3O5/c21-16(11-8-12(11)17(22)23)20-6-7-24-9-13(20)15-18-14(19-25-15)10-4-2-1-3-5-10/h1-5,11-13H,6-9H2,(H,22,23)/t11-,12-,13?/m1/s1. The molecular formula is C17H17N3O5. The first-order chi connectivity index (χ1) is 12.1. The van der Waals surface area contributed by atoms with Gasteiger partial charge in [0.25, 0.3) is 5.89 Å². The number of hydrogen-bond donors (Lipinski definition) is 1. The third kappa shape index (κ3) is 3.00. The van der Waals surface area contributed by atoms with Gasteiger partial charge in [-0.3, -0.25) is 9.59 Å². The van der Waals surface area contributed by atoms with Crippen LogP contribution in [0.25, 0.3) is 11.4 Å². The molecule has 1 saturated heterocycles. The molecule has 1 aromatic heterocycles. The first-order valence-electron chi connectivity index (χ1n) is 8.15. The first-order valence-corrected chi connectivity index (χ1v) is 8.15. The highest BCUT2D eigenvalue weighted by Crippen LogP contribution is 2.42. The van der Waals surface area contributed by atoms with Crippen LogP contribution < -0.4 is 0 Å². The van der Waals surface area contributed by atoms with Crippen LogP contribution in [0, 0.1) is 11.8 Å². The molecule has 2 fully saturated rings. The van der Waals surface area contributed by atoms with Gasteiger partial charge in [0.15, 0.2) is 0 Å². The minimum absolute atomic E-state index is 0.180. The predicted octanol–water partition coefficient (Wildman–Crippen LogP) is 1.36. The largest absolute Gasteiger partial charge is 0.481 e. The lowest BCUT2D eigenvalue weighted by atomic mass is 10.1. The summed E-state index contributed by atoms with van der Waals surface area (Å²) in [4.78, 5) is 29.7. The van der Waals surface area contributed by atoms with Gasteiger partial charge in [-0.2, -0.15) is 4.98 Å². The van der Waals surface area contributed by atoms with Crippen molar-refractivity contribution in [1.82, 2.24) is 15.0 Å². The molecule has 1 unspecified atom stereocenters. The molecule has 8 heteroatoms. The van der Waals surface area contributed by atoms with Crippen LogP contribution in [-0.2, 0) is 14.3 Å². The topological polar surface area (TPSA) is 106 Å². The highest BCUT2D eigenvalue weighted by atomic mass is 16.5. The number of carbonyl (C=O) groups excluding carboxylic acids is 1. The quantitative estimate of drug-likeness (QED) is 0.893. The molecular weight excluding hydrogens is 326 g/mol. The van der Waals surface area contributed by atoms with Gasteiger partial charge in [-0.25, -0.2) is 0 Å². The number of carbonyl (C=O) groups is 2. The van der Waals surface area contributed by atoms with E-state index in [1.807, 2.05) is 30.3 Å². The zero-order valence-corrected chi connectivity index (χ0v) is 13.4. The number of benzene rings is 1. The van der Waals surface area contributed by atoms with Crippen molar-refractivity contribution in [1.29, 1.82) is 0 Å². The average Bonchev–Trinajstić information content (AvgIpc) is 3.31. The number of morpholine rings is 1. The fraction of sp³-hybridized carbons (Fsp3) is 0.412. The molecule has 8 nitrogen and oxygen atoms in total. The molecule has 130 valence electrons. The number of rotatable bonds is 4. The second kappa shape index (κ2) is 6.29. The zero-order valence-electron chi connectivity index (χ0n) is 13.4. The van der Waals surface area contributed by atoms with Crippen molar-refractivity contribution in [2.45, 2.75) is 12.5 Å². The molecule has 1 aliphatic carbocycles. The molecule has 0 radical (unpaired) electrons. The van der Waals surface area contributed by atoms with Gasteiger partial charge in [0.1, 0.15) is 6.04 Å². The fourth-order valence-electron chi connectivity index (χ4n) is 3.10. The zero-order chi connectivity index (χ0) is 17.4. The van der Waals surface area contributed by atoms with Crippen molar-refractivity contribution >= 4 is 11.9 Å². The van der Waals surface area contributed by atoms with E-state index in [2.05, 4.69) is 10.1 Å². The van der Waals surface area contributed by atoms with Gasteiger partial charge in [-0.15, -0.1) is 0 Å². The summed E-state index contributed by atoms with van der Waals surface area (Å²) in [5.74, 6) is -1.40. The summed E-state index contributed by atoms with van der Waals surface area (Å²) in [5.41, 5.74) is 0.820. The molecule has 3 atom stereocenters. The Morgan fingerprint density at radius 1 is 1.20 bits per heavy atom. The smallest absolute Gasteiger partial charge is 0.307 e. The van der Waals surface area contributed by atoms with E-state index in [-0.39, 0.29) is 12.5 Å². The number of aromatic nitrogens is 2. The van der Waals surface area contributed by atoms with Crippen LogP contribution in [0.2, 0.25) is 0 Å². The second-order valence-electron chi connectivity index (χ2n) is 6.23. The third-order valence-electron chi connectivity index (χ3n) is 4.60. The minimum Gasteiger partial charge on any atom is -0.481 e. The van der Waals surface area contributed by atoms with E-state index in [9.17, 15) is 9.59 Å². The SMILES string of the molecule is O=C(O)[C@@H]1C[C@H]1C(=O)N1CCOCC1c1nc(-c2ccccc2)no1. The van der Waals surface area contributed by atoms with E-state index in [4.69, 9.17) is 14.4 Å². The first kappa shape index (κ1) is 15.8. The van der Waals surface area contributed by atoms with E-state index in [0.717, 1.165) is 5.56 Å². The predicted molar refractivity (Wildman–Crippen MR) is 84.2 cm³/mol. The second-order valence-corrected chi connectivity index (χ2v) is 6.23.